The Morgan fingerprint density at radius 2 is 1.61 bits per heavy atom. The Kier molecular flexibility index (Phi) is 9.12. The number of hydrogen-bond acceptors (Lipinski definition) is 2. The molecule has 1 aliphatic carbocycles. The lowest BCUT2D eigenvalue weighted by atomic mass is 9.94. The van der Waals surface area contributed by atoms with Crippen LogP contribution in [0.1, 0.15) is 48.8 Å². The number of nitrogens with zero attached hydrogens (tertiary/aromatic N) is 1. The average Bonchev–Trinajstić information content (AvgIpc) is 2.88. The van der Waals surface area contributed by atoms with Gasteiger partial charge in [-0.15, -0.1) is 0 Å². The molecule has 0 radical (unpaired) electrons. The molecule has 1 atom stereocenters. The molecule has 2 amide bonds. The number of carbonyl (C=O) groups excluding carboxylic acids is 2. The van der Waals surface area contributed by atoms with E-state index in [0.29, 0.717) is 17.0 Å². The maximum absolute atomic E-state index is 14.7. The summed E-state index contributed by atoms with van der Waals surface area (Å²) in [5.41, 5.74) is 2.06. The SMILES string of the molecule is O=C(NC1CCCCC1)[C@@H](Cc1ccccc1)N(Cc1ccccc1F)C(=O)Cc1cccc(Cl)c1. The molecule has 3 aromatic rings. The lowest BCUT2D eigenvalue weighted by Crippen LogP contribution is -2.53. The first-order chi connectivity index (χ1) is 17.5. The van der Waals surface area contributed by atoms with Gasteiger partial charge in [0.15, 0.2) is 0 Å². The molecular weight excluding hydrogens is 475 g/mol. The molecule has 0 aromatic heterocycles. The van der Waals surface area contributed by atoms with Crippen LogP contribution in [0.3, 0.4) is 0 Å². The summed E-state index contributed by atoms with van der Waals surface area (Å²) in [5, 5.41) is 3.74. The number of benzene rings is 3. The van der Waals surface area contributed by atoms with Crippen molar-refractivity contribution in [2.24, 2.45) is 0 Å². The second-order valence-electron chi connectivity index (χ2n) is 9.47. The lowest BCUT2D eigenvalue weighted by Gasteiger charge is -2.33. The Labute approximate surface area is 217 Å². The summed E-state index contributed by atoms with van der Waals surface area (Å²) in [6.45, 7) is 0.00165. The molecule has 0 heterocycles. The highest BCUT2D eigenvalue weighted by Gasteiger charge is 2.32. The van der Waals surface area contributed by atoms with Crippen LogP contribution in [0.4, 0.5) is 4.39 Å². The van der Waals surface area contributed by atoms with E-state index >= 15 is 0 Å². The van der Waals surface area contributed by atoms with Gasteiger partial charge in [0.05, 0.1) is 6.42 Å². The van der Waals surface area contributed by atoms with Gasteiger partial charge in [-0.3, -0.25) is 9.59 Å². The maximum Gasteiger partial charge on any atom is 0.243 e. The molecule has 36 heavy (non-hydrogen) atoms. The Bertz CT molecular complexity index is 1160. The van der Waals surface area contributed by atoms with Crippen molar-refractivity contribution in [3.05, 3.63) is 106 Å². The van der Waals surface area contributed by atoms with Gasteiger partial charge in [-0.1, -0.05) is 91.5 Å². The summed E-state index contributed by atoms with van der Waals surface area (Å²) in [7, 11) is 0. The van der Waals surface area contributed by atoms with Crippen molar-refractivity contribution in [2.75, 3.05) is 0 Å². The zero-order valence-electron chi connectivity index (χ0n) is 20.3. The van der Waals surface area contributed by atoms with Gasteiger partial charge in [0.25, 0.3) is 0 Å². The molecule has 1 N–H and O–H groups in total. The Morgan fingerprint density at radius 3 is 2.33 bits per heavy atom. The van der Waals surface area contributed by atoms with Crippen LogP contribution < -0.4 is 5.32 Å². The lowest BCUT2D eigenvalue weighted by molar-refractivity contribution is -0.141. The minimum atomic E-state index is -0.777. The quantitative estimate of drug-likeness (QED) is 0.380. The Morgan fingerprint density at radius 1 is 0.917 bits per heavy atom. The molecular formula is C30H32ClFN2O2. The summed E-state index contributed by atoms with van der Waals surface area (Å²) in [4.78, 5) is 29.0. The second-order valence-corrected chi connectivity index (χ2v) is 9.91. The first-order valence-corrected chi connectivity index (χ1v) is 13.0. The molecule has 0 aliphatic heterocycles. The minimum Gasteiger partial charge on any atom is -0.352 e. The van der Waals surface area contributed by atoms with Crippen LogP contribution in [0.15, 0.2) is 78.9 Å². The van der Waals surface area contributed by atoms with E-state index in [1.165, 1.54) is 17.4 Å². The number of halogens is 2. The molecule has 0 spiro atoms. The Balaban J connectivity index is 1.66. The third-order valence-corrected chi connectivity index (χ3v) is 7.00. The smallest absolute Gasteiger partial charge is 0.243 e. The van der Waals surface area contributed by atoms with Crippen LogP contribution in [0.5, 0.6) is 0 Å². The summed E-state index contributed by atoms with van der Waals surface area (Å²) >= 11 is 6.15. The Hall–Kier alpha value is -3.18. The number of carbonyl (C=O) groups is 2. The first-order valence-electron chi connectivity index (χ1n) is 12.6. The van der Waals surface area contributed by atoms with E-state index in [9.17, 15) is 14.0 Å². The molecule has 4 rings (SSSR count). The molecule has 1 saturated carbocycles. The predicted octanol–water partition coefficient (Wildman–Crippen LogP) is 6.11. The summed E-state index contributed by atoms with van der Waals surface area (Å²) in [6, 6.07) is 22.5. The topological polar surface area (TPSA) is 49.4 Å². The van der Waals surface area contributed by atoms with Crippen molar-refractivity contribution in [1.29, 1.82) is 0 Å². The van der Waals surface area contributed by atoms with Crippen LogP contribution in [-0.4, -0.2) is 28.8 Å². The van der Waals surface area contributed by atoms with Gasteiger partial charge in [-0.25, -0.2) is 4.39 Å². The minimum absolute atomic E-state index is 0.00165. The van der Waals surface area contributed by atoms with E-state index in [4.69, 9.17) is 11.6 Å². The fraction of sp³-hybridized carbons (Fsp3) is 0.333. The van der Waals surface area contributed by atoms with Gasteiger partial charge in [0.2, 0.25) is 11.8 Å². The van der Waals surface area contributed by atoms with Gasteiger partial charge in [0.1, 0.15) is 11.9 Å². The molecule has 0 bridgehead atoms. The van der Waals surface area contributed by atoms with Gasteiger partial charge in [0, 0.05) is 29.6 Å². The van der Waals surface area contributed by atoms with Crippen molar-refractivity contribution in [3.8, 4) is 0 Å². The highest BCUT2D eigenvalue weighted by atomic mass is 35.5. The van der Waals surface area contributed by atoms with Crippen molar-refractivity contribution in [2.45, 2.75) is 63.6 Å². The van der Waals surface area contributed by atoms with E-state index < -0.39 is 11.9 Å². The monoisotopic (exact) mass is 506 g/mol. The van der Waals surface area contributed by atoms with Gasteiger partial charge >= 0.3 is 0 Å². The molecule has 1 aliphatic rings. The van der Waals surface area contributed by atoms with E-state index in [2.05, 4.69) is 5.32 Å². The molecule has 188 valence electrons. The number of amides is 2. The van der Waals surface area contributed by atoms with E-state index in [0.717, 1.165) is 36.8 Å². The molecule has 0 unspecified atom stereocenters. The molecule has 3 aromatic carbocycles. The number of hydrogen-bond donors (Lipinski definition) is 1. The van der Waals surface area contributed by atoms with Crippen molar-refractivity contribution in [3.63, 3.8) is 0 Å². The molecule has 6 heteroatoms. The van der Waals surface area contributed by atoms with Gasteiger partial charge in [-0.2, -0.15) is 0 Å². The standard InChI is InChI=1S/C30H32ClFN2O2/c31-25-14-9-12-23(18-25)20-29(35)34(21-24-13-7-8-17-27(24)32)28(19-22-10-3-1-4-11-22)30(36)33-26-15-5-2-6-16-26/h1,3-4,7-14,17-18,26,28H,2,5-6,15-16,19-21H2,(H,33,36)/t28-/m1/s1. The highest BCUT2D eigenvalue weighted by molar-refractivity contribution is 6.30. The van der Waals surface area contributed by atoms with Crippen LogP contribution in [0.2, 0.25) is 5.02 Å². The van der Waals surface area contributed by atoms with Crippen molar-refractivity contribution >= 4 is 23.4 Å². The normalized spacial score (nSPS) is 14.7. The molecule has 0 saturated heterocycles. The van der Waals surface area contributed by atoms with Gasteiger partial charge in [-0.05, 0) is 42.2 Å². The van der Waals surface area contributed by atoms with E-state index in [-0.39, 0.29) is 30.8 Å². The number of rotatable bonds is 9. The predicted molar refractivity (Wildman–Crippen MR) is 141 cm³/mol. The van der Waals surface area contributed by atoms with E-state index in [1.54, 1.807) is 36.4 Å². The fourth-order valence-corrected chi connectivity index (χ4v) is 5.04. The first kappa shape index (κ1) is 25.9. The van der Waals surface area contributed by atoms with Gasteiger partial charge < -0.3 is 10.2 Å². The molecule has 4 nitrogen and oxygen atoms in total. The zero-order chi connectivity index (χ0) is 25.3. The summed E-state index contributed by atoms with van der Waals surface area (Å²) in [5.74, 6) is -0.842. The number of nitrogens with one attached hydrogen (secondary N) is 1. The highest BCUT2D eigenvalue weighted by Crippen LogP contribution is 2.21. The molecule has 1 fully saturated rings. The summed E-state index contributed by atoms with van der Waals surface area (Å²) in [6.07, 6.45) is 5.63. The van der Waals surface area contributed by atoms with Crippen molar-refractivity contribution < 1.29 is 14.0 Å². The van der Waals surface area contributed by atoms with Crippen LogP contribution in [0, 0.1) is 5.82 Å². The fourth-order valence-electron chi connectivity index (χ4n) is 4.83. The third-order valence-electron chi connectivity index (χ3n) is 6.77. The zero-order valence-corrected chi connectivity index (χ0v) is 21.1. The second kappa shape index (κ2) is 12.7. The van der Waals surface area contributed by atoms with Crippen molar-refractivity contribution in [1.82, 2.24) is 10.2 Å². The summed E-state index contributed by atoms with van der Waals surface area (Å²) < 4.78 is 14.7. The van der Waals surface area contributed by atoms with E-state index in [1.807, 2.05) is 36.4 Å². The van der Waals surface area contributed by atoms with Crippen LogP contribution in [-0.2, 0) is 29.0 Å². The average molecular weight is 507 g/mol. The van der Waals surface area contributed by atoms with Crippen LogP contribution in [0.25, 0.3) is 0 Å². The van der Waals surface area contributed by atoms with Crippen LogP contribution >= 0.6 is 11.6 Å². The largest absolute Gasteiger partial charge is 0.352 e. The third kappa shape index (κ3) is 7.17. The maximum atomic E-state index is 14.7.